The summed E-state index contributed by atoms with van der Waals surface area (Å²) in [5.74, 6) is 1.00. The van der Waals surface area contributed by atoms with E-state index in [1.54, 1.807) is 0 Å². The molecule has 0 fully saturated rings. The van der Waals surface area contributed by atoms with E-state index in [1.807, 2.05) is 44.3 Å². The van der Waals surface area contributed by atoms with Crippen molar-refractivity contribution in [3.63, 3.8) is 0 Å². The van der Waals surface area contributed by atoms with Crippen LogP contribution in [0.25, 0.3) is 21.8 Å². The lowest BCUT2D eigenvalue weighted by Gasteiger charge is -2.19. The average molecular weight is 514 g/mol. The zero-order chi connectivity index (χ0) is 26.1. The van der Waals surface area contributed by atoms with Crippen molar-refractivity contribution in [3.8, 4) is 5.75 Å². The minimum atomic E-state index is -4.46. The molecule has 0 radical (unpaired) electrons. The first-order valence-electron chi connectivity index (χ1n) is 11.8. The predicted molar refractivity (Wildman–Crippen MR) is 140 cm³/mol. The number of nitrogens with zero attached hydrogens (tertiary/aromatic N) is 2. The molecule has 3 N–H and O–H groups in total. The highest BCUT2D eigenvalue weighted by atomic mass is 31.2. The van der Waals surface area contributed by atoms with Gasteiger partial charge < -0.3 is 15.4 Å². The van der Waals surface area contributed by atoms with Gasteiger partial charge in [-0.1, -0.05) is 18.2 Å². The molecule has 1 atom stereocenters. The van der Waals surface area contributed by atoms with Crippen molar-refractivity contribution in [2.24, 2.45) is 0 Å². The molecular formula is C27H30F2N3O3P. The maximum atomic E-state index is 13.6. The van der Waals surface area contributed by atoms with Crippen LogP contribution in [-0.2, 0) is 17.4 Å². The van der Waals surface area contributed by atoms with Crippen LogP contribution >= 0.6 is 7.37 Å². The highest BCUT2D eigenvalue weighted by Gasteiger charge is 2.44. The number of pyridine rings is 2. The van der Waals surface area contributed by atoms with E-state index in [9.17, 15) is 13.3 Å². The van der Waals surface area contributed by atoms with E-state index in [0.717, 1.165) is 51.4 Å². The van der Waals surface area contributed by atoms with Gasteiger partial charge in [-0.15, -0.1) is 0 Å². The number of ether oxygens (including phenoxy) is 1. The van der Waals surface area contributed by atoms with E-state index < -0.39 is 19.5 Å². The quantitative estimate of drug-likeness (QED) is 0.152. The van der Waals surface area contributed by atoms with Crippen molar-refractivity contribution in [2.45, 2.75) is 45.2 Å². The second-order valence-electron chi connectivity index (χ2n) is 9.34. The molecule has 0 bridgehead atoms. The molecule has 6 nitrogen and oxygen atoms in total. The molecule has 0 aliphatic rings. The summed E-state index contributed by atoms with van der Waals surface area (Å²) in [7, 11) is -4.46. The molecule has 0 spiro atoms. The summed E-state index contributed by atoms with van der Waals surface area (Å²) in [6, 6.07) is 13.9. The molecular weight excluding hydrogens is 483 g/mol. The largest absolute Gasteiger partial charge is 0.494 e. The molecule has 2 aromatic carbocycles. The second kappa shape index (κ2) is 10.1. The predicted octanol–water partition coefficient (Wildman–Crippen LogP) is 6.42. The first-order valence-corrected chi connectivity index (χ1v) is 13.9. The van der Waals surface area contributed by atoms with Gasteiger partial charge in [0.05, 0.1) is 12.1 Å². The average Bonchev–Trinajstić information content (AvgIpc) is 2.80. The first kappa shape index (κ1) is 26.0. The minimum Gasteiger partial charge on any atom is -0.494 e. The second-order valence-corrected chi connectivity index (χ2v) is 11.8. The molecule has 0 saturated heterocycles. The number of hydrogen-bond acceptors (Lipinski definition) is 5. The number of hydrogen-bond donors (Lipinski definition) is 2. The van der Waals surface area contributed by atoms with Gasteiger partial charge in [0.25, 0.3) is 7.37 Å². The van der Waals surface area contributed by atoms with Crippen LogP contribution in [0, 0.1) is 13.8 Å². The molecule has 0 saturated carbocycles. The Morgan fingerprint density at radius 1 is 1.08 bits per heavy atom. The molecule has 0 aliphatic carbocycles. The maximum Gasteiger partial charge on any atom is 0.321 e. The fourth-order valence-corrected chi connectivity index (χ4v) is 4.77. The van der Waals surface area contributed by atoms with Gasteiger partial charge >= 0.3 is 5.66 Å². The molecule has 0 amide bonds. The molecule has 4 rings (SSSR count). The standard InChI is InChI=1S/C27H30F2N3O3P/c1-17-5-10-22-23-15-19(16-31-25(23)26(30)32-24(22)13-17)6-7-20-8-9-21(14-18(20)2)35-12-4-11-27(28,29)36(3,33)34/h5,8-10,13-16H,4,6-7,11-12H2,1-3H3,(H2,30,32)(H,33,34). The third-order valence-electron chi connectivity index (χ3n) is 6.37. The van der Waals surface area contributed by atoms with Crippen LogP contribution in [-0.4, -0.2) is 33.8 Å². The number of fused-ring (bicyclic) bond motifs is 3. The summed E-state index contributed by atoms with van der Waals surface area (Å²) in [6.07, 6.45) is 2.71. The van der Waals surface area contributed by atoms with Crippen molar-refractivity contribution in [1.29, 1.82) is 0 Å². The Morgan fingerprint density at radius 2 is 1.86 bits per heavy atom. The first-order chi connectivity index (χ1) is 16.9. The molecule has 1 unspecified atom stereocenters. The number of nitrogen functional groups attached to an aromatic ring is 1. The lowest BCUT2D eigenvalue weighted by molar-refractivity contribution is 0.0614. The van der Waals surface area contributed by atoms with E-state index in [0.29, 0.717) is 23.7 Å². The van der Waals surface area contributed by atoms with Crippen LogP contribution in [0.2, 0.25) is 0 Å². The smallest absolute Gasteiger partial charge is 0.321 e. The van der Waals surface area contributed by atoms with Crippen molar-refractivity contribution >= 4 is 35.0 Å². The lowest BCUT2D eigenvalue weighted by atomic mass is 9.99. The van der Waals surface area contributed by atoms with Gasteiger partial charge in [0, 0.05) is 30.1 Å². The van der Waals surface area contributed by atoms with Gasteiger partial charge in [-0.25, -0.2) is 4.98 Å². The topological polar surface area (TPSA) is 98.3 Å². The van der Waals surface area contributed by atoms with Gasteiger partial charge in [-0.3, -0.25) is 9.55 Å². The zero-order valence-electron chi connectivity index (χ0n) is 20.6. The molecule has 2 heterocycles. The van der Waals surface area contributed by atoms with Crippen molar-refractivity contribution in [2.75, 3.05) is 19.0 Å². The van der Waals surface area contributed by atoms with Gasteiger partial charge in [-0.05, 0) is 79.6 Å². The van der Waals surface area contributed by atoms with Crippen LogP contribution in [0.3, 0.4) is 0 Å². The third kappa shape index (κ3) is 5.66. The summed E-state index contributed by atoms with van der Waals surface area (Å²) in [4.78, 5) is 18.2. The highest BCUT2D eigenvalue weighted by Crippen LogP contribution is 2.55. The van der Waals surface area contributed by atoms with E-state index in [-0.39, 0.29) is 13.0 Å². The number of benzene rings is 2. The summed E-state index contributed by atoms with van der Waals surface area (Å²) in [6.45, 7) is 4.73. The van der Waals surface area contributed by atoms with Gasteiger partial charge in [-0.2, -0.15) is 8.78 Å². The Bertz CT molecular complexity index is 1470. The zero-order valence-corrected chi connectivity index (χ0v) is 21.5. The highest BCUT2D eigenvalue weighted by molar-refractivity contribution is 7.58. The molecule has 36 heavy (non-hydrogen) atoms. The van der Waals surface area contributed by atoms with Crippen LogP contribution in [0.15, 0.2) is 48.7 Å². The Morgan fingerprint density at radius 3 is 2.58 bits per heavy atom. The Kier molecular flexibility index (Phi) is 7.30. The monoisotopic (exact) mass is 513 g/mol. The van der Waals surface area contributed by atoms with E-state index >= 15 is 0 Å². The van der Waals surface area contributed by atoms with Crippen LogP contribution < -0.4 is 10.5 Å². The molecule has 190 valence electrons. The SMILES string of the molecule is Cc1ccc2c(c1)nc(N)c1ncc(CCc3ccc(OCCCC(F)(F)P(C)(=O)O)cc3C)cc12. The fourth-order valence-electron chi connectivity index (χ4n) is 4.20. The van der Waals surface area contributed by atoms with Crippen LogP contribution in [0.5, 0.6) is 5.75 Å². The number of alkyl halides is 2. The lowest BCUT2D eigenvalue weighted by Crippen LogP contribution is -2.17. The summed E-state index contributed by atoms with van der Waals surface area (Å²) >= 11 is 0. The molecule has 9 heteroatoms. The van der Waals surface area contributed by atoms with Gasteiger partial charge in [0.2, 0.25) is 0 Å². The molecule has 0 aliphatic heterocycles. The summed E-state index contributed by atoms with van der Waals surface area (Å²) in [5, 5.41) is 2.01. The summed E-state index contributed by atoms with van der Waals surface area (Å²) < 4.78 is 44.1. The van der Waals surface area contributed by atoms with Crippen molar-refractivity contribution < 1.29 is 23.0 Å². The number of aromatic nitrogens is 2. The Balaban J connectivity index is 1.41. The van der Waals surface area contributed by atoms with Crippen molar-refractivity contribution in [3.05, 3.63) is 70.9 Å². The van der Waals surface area contributed by atoms with Crippen molar-refractivity contribution in [1.82, 2.24) is 9.97 Å². The van der Waals surface area contributed by atoms with Gasteiger partial charge in [0.15, 0.2) is 5.82 Å². The van der Waals surface area contributed by atoms with Gasteiger partial charge in [0.1, 0.15) is 11.3 Å². The normalized spacial score (nSPS) is 13.7. The van der Waals surface area contributed by atoms with Crippen LogP contribution in [0.1, 0.15) is 35.1 Å². The minimum absolute atomic E-state index is 0.0184. The van der Waals surface area contributed by atoms with Crippen LogP contribution in [0.4, 0.5) is 14.6 Å². The Labute approximate surface area is 209 Å². The number of anilines is 1. The number of rotatable bonds is 9. The Hall–Kier alpha value is -3.09. The van der Waals surface area contributed by atoms with E-state index in [1.165, 1.54) is 0 Å². The molecule has 4 aromatic rings. The maximum absolute atomic E-state index is 13.6. The third-order valence-corrected chi connectivity index (χ3v) is 7.80. The van der Waals surface area contributed by atoms with E-state index in [4.69, 9.17) is 15.4 Å². The fraction of sp³-hybridized carbons (Fsp3) is 0.333. The number of halogens is 2. The number of nitrogens with two attached hydrogens (primary N) is 1. The molecule has 2 aromatic heterocycles. The number of aryl methyl sites for hydroxylation is 4. The van der Waals surface area contributed by atoms with E-state index in [2.05, 4.69) is 28.2 Å². The summed E-state index contributed by atoms with van der Waals surface area (Å²) in [5.41, 5.74) is 8.52.